The lowest BCUT2D eigenvalue weighted by Gasteiger charge is -2.05. The van der Waals surface area contributed by atoms with Crippen molar-refractivity contribution in [2.45, 2.75) is 5.22 Å². The van der Waals surface area contributed by atoms with Crippen LogP contribution < -0.4 is 5.43 Å². The van der Waals surface area contributed by atoms with Crippen molar-refractivity contribution in [3.05, 3.63) is 99.0 Å². The number of rotatable bonds is 7. The number of hydrogen-bond acceptors (Lipinski definition) is 9. The number of nitrogens with zero attached hydrogens (tertiary/aromatic N) is 4. The maximum atomic E-state index is 13.1. The molecule has 9 nitrogen and oxygen atoms in total. The first-order valence-corrected chi connectivity index (χ1v) is 11.1. The number of nitro groups is 1. The minimum Gasteiger partial charge on any atom is -0.411 e. The molecule has 0 atom stereocenters. The van der Waals surface area contributed by atoms with Crippen molar-refractivity contribution in [2.24, 2.45) is 5.10 Å². The number of hydrogen-bond donors (Lipinski definition) is 1. The molecule has 0 saturated carbocycles. The number of aromatic nitrogens is 2. The summed E-state index contributed by atoms with van der Waals surface area (Å²) in [7, 11) is 0. The number of hydrazone groups is 1. The van der Waals surface area contributed by atoms with Gasteiger partial charge in [0, 0.05) is 27.7 Å². The first-order valence-electron chi connectivity index (χ1n) is 9.45. The van der Waals surface area contributed by atoms with Crippen LogP contribution in [0.15, 0.2) is 98.1 Å². The van der Waals surface area contributed by atoms with Gasteiger partial charge >= 0.3 is 0 Å². The molecule has 0 unspecified atom stereocenters. The van der Waals surface area contributed by atoms with Crippen molar-refractivity contribution in [1.82, 2.24) is 10.2 Å². The second kappa shape index (κ2) is 10.2. The molecule has 11 heteroatoms. The molecule has 0 aliphatic carbocycles. The number of halogens is 1. The van der Waals surface area contributed by atoms with E-state index in [1.54, 1.807) is 30.3 Å². The number of thioether (sulfide) groups is 1. The quantitative estimate of drug-likeness (QED) is 0.0803. The van der Waals surface area contributed by atoms with Gasteiger partial charge in [-0.05, 0) is 54.2 Å². The van der Waals surface area contributed by atoms with Gasteiger partial charge in [0.1, 0.15) is 0 Å². The molecule has 3 aromatic carbocycles. The molecule has 4 aromatic rings. The summed E-state index contributed by atoms with van der Waals surface area (Å²) in [5, 5.41) is 23.3. The molecule has 1 heterocycles. The number of anilines is 1. The summed E-state index contributed by atoms with van der Waals surface area (Å²) in [5.74, 6) is -0.251. The van der Waals surface area contributed by atoms with E-state index in [1.807, 2.05) is 30.3 Å². The molecule has 1 aromatic heterocycles. The third-order valence-electron chi connectivity index (χ3n) is 4.26. The van der Waals surface area contributed by atoms with Crippen LogP contribution in [-0.4, -0.2) is 25.9 Å². The van der Waals surface area contributed by atoms with Gasteiger partial charge in [-0.3, -0.25) is 20.3 Å². The monoisotopic (exact) mass is 523 g/mol. The van der Waals surface area contributed by atoms with E-state index in [0.717, 1.165) is 16.2 Å². The predicted octanol–water partition coefficient (Wildman–Crippen LogP) is 5.81. The van der Waals surface area contributed by atoms with Crippen LogP contribution in [-0.2, 0) is 0 Å². The Morgan fingerprint density at radius 2 is 1.79 bits per heavy atom. The van der Waals surface area contributed by atoms with E-state index in [0.29, 0.717) is 16.8 Å². The average Bonchev–Trinajstić information content (AvgIpc) is 3.31. The highest BCUT2D eigenvalue weighted by molar-refractivity contribution is 9.10. The number of benzene rings is 3. The molecule has 0 radical (unpaired) electrons. The van der Waals surface area contributed by atoms with E-state index in [2.05, 4.69) is 36.7 Å². The zero-order valence-electron chi connectivity index (χ0n) is 16.7. The Morgan fingerprint density at radius 1 is 1.03 bits per heavy atom. The maximum absolute atomic E-state index is 13.1. The summed E-state index contributed by atoms with van der Waals surface area (Å²) in [6.07, 6.45) is 0. The van der Waals surface area contributed by atoms with Crippen LogP contribution in [0.3, 0.4) is 0 Å². The van der Waals surface area contributed by atoms with Crippen molar-refractivity contribution in [3.8, 4) is 11.5 Å². The van der Waals surface area contributed by atoms with Gasteiger partial charge in [-0.1, -0.05) is 40.2 Å². The largest absolute Gasteiger partial charge is 0.411 e. The van der Waals surface area contributed by atoms with E-state index >= 15 is 0 Å². The lowest BCUT2D eigenvalue weighted by atomic mass is 10.1. The first kappa shape index (κ1) is 22.4. The molecule has 0 aliphatic heterocycles. The lowest BCUT2D eigenvalue weighted by molar-refractivity contribution is -0.384. The lowest BCUT2D eigenvalue weighted by Crippen LogP contribution is -2.13. The van der Waals surface area contributed by atoms with E-state index in [1.165, 1.54) is 18.2 Å². The smallest absolute Gasteiger partial charge is 0.283 e. The van der Waals surface area contributed by atoms with Crippen LogP contribution in [0, 0.1) is 10.1 Å². The number of nitro benzene ring substituents is 1. The third kappa shape index (κ3) is 5.70. The second-order valence-corrected chi connectivity index (χ2v) is 8.37. The molecule has 33 heavy (non-hydrogen) atoms. The summed E-state index contributed by atoms with van der Waals surface area (Å²) < 4.78 is 6.48. The fourth-order valence-corrected chi connectivity index (χ4v) is 3.61. The highest BCUT2D eigenvalue weighted by Gasteiger charge is 2.21. The van der Waals surface area contributed by atoms with Crippen molar-refractivity contribution in [2.75, 3.05) is 5.43 Å². The van der Waals surface area contributed by atoms with Gasteiger partial charge in [0.05, 0.1) is 10.6 Å². The number of carbonyl (C=O) groups is 1. The van der Waals surface area contributed by atoms with Gasteiger partial charge in [0.25, 0.3) is 10.9 Å². The van der Waals surface area contributed by atoms with E-state index in [-0.39, 0.29) is 27.6 Å². The molecule has 0 saturated heterocycles. The Balaban J connectivity index is 1.61. The Kier molecular flexibility index (Phi) is 6.91. The minimum absolute atomic E-state index is 0.0654. The second-order valence-electron chi connectivity index (χ2n) is 6.51. The summed E-state index contributed by atoms with van der Waals surface area (Å²) in [6.45, 7) is 0. The van der Waals surface area contributed by atoms with Crippen molar-refractivity contribution >= 4 is 49.9 Å². The summed E-state index contributed by atoms with van der Waals surface area (Å²) in [6, 6.07) is 21.9. The molecule has 0 amide bonds. The van der Waals surface area contributed by atoms with Crippen LogP contribution in [0.5, 0.6) is 0 Å². The van der Waals surface area contributed by atoms with Crippen LogP contribution in [0.4, 0.5) is 11.4 Å². The highest BCUT2D eigenvalue weighted by Crippen LogP contribution is 2.27. The number of non-ortho nitro benzene ring substituents is 1. The fourth-order valence-electron chi connectivity index (χ4n) is 2.68. The van der Waals surface area contributed by atoms with Crippen LogP contribution in [0.2, 0.25) is 0 Å². The summed E-state index contributed by atoms with van der Waals surface area (Å²) in [4.78, 5) is 23.6. The normalized spacial score (nSPS) is 11.2. The SMILES string of the molecule is O=C(/C(=N\Nc1ccccc1)Sc1nnc(-c2cccc([N+](=O)[O-])c2)o1)c1ccc(Br)cc1. The van der Waals surface area contributed by atoms with Gasteiger partial charge in [0.2, 0.25) is 11.7 Å². The molecular weight excluding hydrogens is 510 g/mol. The highest BCUT2D eigenvalue weighted by atomic mass is 79.9. The molecule has 1 N–H and O–H groups in total. The Bertz CT molecular complexity index is 1330. The number of ketones is 1. The standard InChI is InChI=1S/C22H14BrN5O4S/c23-16-11-9-14(10-12-16)19(29)21(26-24-17-6-2-1-3-7-17)33-22-27-25-20(32-22)15-5-4-8-18(13-15)28(30)31/h1-13,24H/b26-21+. The van der Waals surface area contributed by atoms with Crippen molar-refractivity contribution in [1.29, 1.82) is 0 Å². The maximum Gasteiger partial charge on any atom is 0.283 e. The molecule has 164 valence electrons. The van der Waals surface area contributed by atoms with Crippen molar-refractivity contribution < 1.29 is 14.1 Å². The number of nitrogens with one attached hydrogen (secondary N) is 1. The number of Topliss-reactive ketones (excluding diaryl/α,β-unsaturated/α-hetero) is 1. The Morgan fingerprint density at radius 3 is 2.52 bits per heavy atom. The third-order valence-corrected chi connectivity index (χ3v) is 5.59. The summed E-state index contributed by atoms with van der Waals surface area (Å²) in [5.41, 5.74) is 4.28. The fraction of sp³-hybridized carbons (Fsp3) is 0. The zero-order valence-corrected chi connectivity index (χ0v) is 19.1. The molecular formula is C22H14BrN5O4S. The molecule has 0 fully saturated rings. The first-order chi connectivity index (χ1) is 16.0. The minimum atomic E-state index is -0.508. The predicted molar refractivity (Wildman–Crippen MR) is 128 cm³/mol. The number of carbonyl (C=O) groups excluding carboxylic acids is 1. The van der Waals surface area contributed by atoms with Gasteiger partial charge in [-0.25, -0.2) is 0 Å². The molecule has 0 aliphatic rings. The van der Waals surface area contributed by atoms with Gasteiger partial charge < -0.3 is 4.42 Å². The van der Waals surface area contributed by atoms with Gasteiger partial charge in [0.15, 0.2) is 5.04 Å². The van der Waals surface area contributed by atoms with Gasteiger partial charge in [-0.2, -0.15) is 5.10 Å². The van der Waals surface area contributed by atoms with E-state index < -0.39 is 4.92 Å². The van der Waals surface area contributed by atoms with Crippen LogP contribution in [0.25, 0.3) is 11.5 Å². The van der Waals surface area contributed by atoms with E-state index in [9.17, 15) is 14.9 Å². The van der Waals surface area contributed by atoms with Crippen LogP contribution >= 0.6 is 27.7 Å². The summed E-state index contributed by atoms with van der Waals surface area (Å²) >= 11 is 4.24. The van der Waals surface area contributed by atoms with Crippen LogP contribution in [0.1, 0.15) is 10.4 Å². The van der Waals surface area contributed by atoms with Gasteiger partial charge in [-0.15, -0.1) is 10.2 Å². The van der Waals surface area contributed by atoms with E-state index in [4.69, 9.17) is 4.42 Å². The molecule has 4 rings (SSSR count). The van der Waals surface area contributed by atoms with Crippen molar-refractivity contribution in [3.63, 3.8) is 0 Å². The topological polar surface area (TPSA) is 124 Å². The average molecular weight is 524 g/mol. The molecule has 0 bridgehead atoms. The molecule has 0 spiro atoms. The zero-order chi connectivity index (χ0) is 23.2. The number of para-hydroxylation sites is 1. The Hall–Kier alpha value is -3.83. The Labute approximate surface area is 200 Å².